The molecular weight excluding hydrogens is 331 g/mol. The summed E-state index contributed by atoms with van der Waals surface area (Å²) >= 11 is 11.9. The van der Waals surface area contributed by atoms with Gasteiger partial charge in [-0.15, -0.1) is 0 Å². The van der Waals surface area contributed by atoms with Crippen molar-refractivity contribution in [1.82, 2.24) is 9.78 Å². The summed E-state index contributed by atoms with van der Waals surface area (Å²) < 4.78 is 1.46. The van der Waals surface area contributed by atoms with Crippen molar-refractivity contribution in [3.63, 3.8) is 0 Å². The number of nitrogens with zero attached hydrogens (tertiary/aromatic N) is 3. The first-order chi connectivity index (χ1) is 10.3. The molecule has 1 amide bonds. The van der Waals surface area contributed by atoms with Crippen LogP contribution in [0.1, 0.15) is 11.4 Å². The lowest BCUT2D eigenvalue weighted by atomic mass is 10.2. The van der Waals surface area contributed by atoms with Gasteiger partial charge in [-0.1, -0.05) is 23.2 Å². The monoisotopic (exact) mass is 342 g/mol. The number of benzene rings is 1. The predicted molar refractivity (Wildman–Crippen MR) is 83.4 cm³/mol. The number of anilines is 1. The zero-order valence-corrected chi connectivity index (χ0v) is 13.3. The normalized spacial score (nSPS) is 10.5. The van der Waals surface area contributed by atoms with Crippen molar-refractivity contribution in [2.24, 2.45) is 0 Å². The molecule has 0 saturated carbocycles. The molecule has 0 unspecified atom stereocenters. The predicted octanol–water partition coefficient (Wildman–Crippen LogP) is 3.35. The van der Waals surface area contributed by atoms with Crippen molar-refractivity contribution in [3.05, 3.63) is 49.7 Å². The van der Waals surface area contributed by atoms with Gasteiger partial charge < -0.3 is 5.32 Å². The van der Waals surface area contributed by atoms with Crippen LogP contribution in [0.3, 0.4) is 0 Å². The highest BCUT2D eigenvalue weighted by atomic mass is 35.5. The van der Waals surface area contributed by atoms with E-state index >= 15 is 0 Å². The van der Waals surface area contributed by atoms with Gasteiger partial charge in [0.05, 0.1) is 32.0 Å². The summed E-state index contributed by atoms with van der Waals surface area (Å²) in [5, 5.41) is 18.1. The van der Waals surface area contributed by atoms with E-state index in [1.807, 2.05) is 0 Å². The molecule has 116 valence electrons. The van der Waals surface area contributed by atoms with Gasteiger partial charge in [0.1, 0.15) is 6.54 Å². The summed E-state index contributed by atoms with van der Waals surface area (Å²) in [6.45, 7) is 3.41. The van der Waals surface area contributed by atoms with Gasteiger partial charge in [-0.05, 0) is 19.9 Å². The highest BCUT2D eigenvalue weighted by Gasteiger charge is 2.15. The molecule has 0 aliphatic heterocycles. The second kappa shape index (κ2) is 6.33. The molecule has 0 spiro atoms. The first kappa shape index (κ1) is 16.3. The van der Waals surface area contributed by atoms with Crippen LogP contribution in [0.15, 0.2) is 18.2 Å². The summed E-state index contributed by atoms with van der Waals surface area (Å²) in [4.78, 5) is 22.2. The van der Waals surface area contributed by atoms with Crippen molar-refractivity contribution in [2.75, 3.05) is 5.32 Å². The maximum Gasteiger partial charge on any atom is 0.271 e. The van der Waals surface area contributed by atoms with Gasteiger partial charge in [-0.3, -0.25) is 19.6 Å². The molecule has 0 radical (unpaired) electrons. The number of carbonyl (C=O) groups is 1. The van der Waals surface area contributed by atoms with E-state index in [4.69, 9.17) is 23.2 Å². The summed E-state index contributed by atoms with van der Waals surface area (Å²) in [5.74, 6) is -0.412. The van der Waals surface area contributed by atoms with Gasteiger partial charge in [0.15, 0.2) is 0 Å². The zero-order valence-electron chi connectivity index (χ0n) is 11.8. The van der Waals surface area contributed by atoms with Gasteiger partial charge in [-0.2, -0.15) is 5.10 Å². The average molecular weight is 343 g/mol. The Morgan fingerprint density at radius 1 is 1.41 bits per heavy atom. The van der Waals surface area contributed by atoms with Gasteiger partial charge in [-0.25, -0.2) is 0 Å². The lowest BCUT2D eigenvalue weighted by Crippen LogP contribution is -2.20. The maximum absolute atomic E-state index is 12.0. The number of carbonyl (C=O) groups excluding carboxylic acids is 1. The first-order valence-electron chi connectivity index (χ1n) is 6.23. The Morgan fingerprint density at radius 2 is 2.09 bits per heavy atom. The minimum atomic E-state index is -0.563. The lowest BCUT2D eigenvalue weighted by Gasteiger charge is -2.08. The highest BCUT2D eigenvalue weighted by Crippen LogP contribution is 2.26. The van der Waals surface area contributed by atoms with Crippen LogP contribution in [-0.4, -0.2) is 20.6 Å². The maximum atomic E-state index is 12.0. The Bertz CT molecular complexity index is 758. The molecule has 0 aliphatic rings. The molecule has 0 saturated heterocycles. The van der Waals surface area contributed by atoms with Gasteiger partial charge in [0, 0.05) is 12.1 Å². The van der Waals surface area contributed by atoms with E-state index in [0.717, 1.165) is 0 Å². The third kappa shape index (κ3) is 3.37. The summed E-state index contributed by atoms with van der Waals surface area (Å²) in [5.41, 5.74) is 1.31. The van der Waals surface area contributed by atoms with Crippen LogP contribution < -0.4 is 5.32 Å². The number of nitrogens with one attached hydrogen (secondary N) is 1. The van der Waals surface area contributed by atoms with Crippen molar-refractivity contribution in [3.8, 4) is 0 Å². The van der Waals surface area contributed by atoms with E-state index in [1.54, 1.807) is 13.8 Å². The van der Waals surface area contributed by atoms with E-state index in [9.17, 15) is 14.9 Å². The third-order valence-electron chi connectivity index (χ3n) is 3.02. The van der Waals surface area contributed by atoms with Gasteiger partial charge >= 0.3 is 0 Å². The van der Waals surface area contributed by atoms with Crippen molar-refractivity contribution < 1.29 is 9.72 Å². The van der Waals surface area contributed by atoms with E-state index in [0.29, 0.717) is 16.4 Å². The Hall–Kier alpha value is -2.12. The number of hydrogen-bond acceptors (Lipinski definition) is 4. The van der Waals surface area contributed by atoms with Crippen LogP contribution in [-0.2, 0) is 11.3 Å². The Morgan fingerprint density at radius 3 is 2.64 bits per heavy atom. The number of nitro groups is 1. The SMILES string of the molecule is Cc1nn(CC(=O)Nc2cc([N+](=O)[O-])ccc2Cl)c(C)c1Cl. The third-order valence-corrected chi connectivity index (χ3v) is 3.90. The standard InChI is InChI=1S/C13H12Cl2N4O3/c1-7-13(15)8(2)18(17-7)6-12(20)16-11-5-9(19(21)22)3-4-10(11)14/h3-5H,6H2,1-2H3,(H,16,20). The number of rotatable bonds is 4. The van der Waals surface area contributed by atoms with Crippen LogP contribution >= 0.6 is 23.2 Å². The largest absolute Gasteiger partial charge is 0.323 e. The van der Waals surface area contributed by atoms with E-state index < -0.39 is 10.8 Å². The molecule has 1 aromatic heterocycles. The fourth-order valence-electron chi connectivity index (χ4n) is 1.88. The molecule has 7 nitrogen and oxygen atoms in total. The van der Waals surface area contributed by atoms with Crippen molar-refractivity contribution in [1.29, 1.82) is 0 Å². The van der Waals surface area contributed by atoms with Crippen LogP contribution in [0.2, 0.25) is 10.0 Å². The number of aromatic nitrogens is 2. The minimum absolute atomic E-state index is 0.0710. The Kier molecular flexibility index (Phi) is 4.68. The molecule has 2 aromatic rings. The number of halogens is 2. The van der Waals surface area contributed by atoms with Gasteiger partial charge in [0.25, 0.3) is 5.69 Å². The smallest absolute Gasteiger partial charge is 0.271 e. The Balaban J connectivity index is 2.17. The molecular formula is C13H12Cl2N4O3. The quantitative estimate of drug-likeness (QED) is 0.681. The van der Waals surface area contributed by atoms with Crippen molar-refractivity contribution >= 4 is 40.5 Å². The van der Waals surface area contributed by atoms with E-state index in [-0.39, 0.29) is 22.9 Å². The molecule has 1 heterocycles. The molecule has 9 heteroatoms. The zero-order chi connectivity index (χ0) is 16.4. The second-order valence-electron chi connectivity index (χ2n) is 4.61. The fraction of sp³-hybridized carbons (Fsp3) is 0.231. The minimum Gasteiger partial charge on any atom is -0.323 e. The molecule has 1 aromatic carbocycles. The fourth-order valence-corrected chi connectivity index (χ4v) is 2.18. The average Bonchev–Trinajstić information content (AvgIpc) is 2.68. The first-order valence-corrected chi connectivity index (χ1v) is 6.98. The number of hydrogen-bond donors (Lipinski definition) is 1. The lowest BCUT2D eigenvalue weighted by molar-refractivity contribution is -0.384. The highest BCUT2D eigenvalue weighted by molar-refractivity contribution is 6.33. The van der Waals surface area contributed by atoms with Crippen LogP contribution in [0.5, 0.6) is 0 Å². The number of nitro benzene ring substituents is 1. The summed E-state index contributed by atoms with van der Waals surface area (Å²) in [6.07, 6.45) is 0. The topological polar surface area (TPSA) is 90.1 Å². The van der Waals surface area contributed by atoms with Crippen LogP contribution in [0.25, 0.3) is 0 Å². The van der Waals surface area contributed by atoms with Crippen LogP contribution in [0.4, 0.5) is 11.4 Å². The molecule has 0 bridgehead atoms. The molecule has 0 fully saturated rings. The molecule has 0 atom stereocenters. The molecule has 1 N–H and O–H groups in total. The van der Waals surface area contributed by atoms with Crippen LogP contribution in [0, 0.1) is 24.0 Å². The molecule has 22 heavy (non-hydrogen) atoms. The van der Waals surface area contributed by atoms with Gasteiger partial charge in [0.2, 0.25) is 5.91 Å². The summed E-state index contributed by atoms with van der Waals surface area (Å²) in [7, 11) is 0. The van der Waals surface area contributed by atoms with E-state index in [2.05, 4.69) is 10.4 Å². The van der Waals surface area contributed by atoms with Crippen molar-refractivity contribution in [2.45, 2.75) is 20.4 Å². The summed E-state index contributed by atoms with van der Waals surface area (Å²) in [6, 6.07) is 3.82. The molecule has 0 aliphatic carbocycles. The number of non-ortho nitro benzene ring substituents is 1. The Labute approximate surface area is 136 Å². The second-order valence-corrected chi connectivity index (χ2v) is 5.40. The molecule has 2 rings (SSSR count). The van der Waals surface area contributed by atoms with E-state index in [1.165, 1.54) is 22.9 Å². The number of aryl methyl sites for hydroxylation is 1. The number of amides is 1.